The highest BCUT2D eigenvalue weighted by atomic mass is 31.2. The molecule has 0 heterocycles. The Kier molecular flexibility index (Phi) is 3.21. The normalized spacial score (nSPS) is 11.9. The molecule has 0 atom stereocenters. The first kappa shape index (κ1) is 8.08. The van der Waals surface area contributed by atoms with E-state index in [4.69, 9.17) is 0 Å². The summed E-state index contributed by atoms with van der Waals surface area (Å²) in [4.78, 5) is 0. The van der Waals surface area contributed by atoms with E-state index in [1.807, 2.05) is 0 Å². The molecular formula is C3H8FO3P. The Hall–Kier alpha value is 0.0800. The largest absolute Gasteiger partial charge is 0.360 e. The zero-order valence-electron chi connectivity index (χ0n) is 4.76. The van der Waals surface area contributed by atoms with Crippen LogP contribution < -0.4 is 0 Å². The van der Waals surface area contributed by atoms with Crippen LogP contribution in [0.1, 0.15) is 0 Å². The second kappa shape index (κ2) is 3.17. The minimum Gasteiger partial charge on any atom is -0.310 e. The second-order valence-electron chi connectivity index (χ2n) is 1.10. The quantitative estimate of drug-likeness (QED) is 0.558. The van der Waals surface area contributed by atoms with Gasteiger partial charge in [-0.3, -0.25) is 4.57 Å². The van der Waals surface area contributed by atoms with E-state index in [-0.39, 0.29) is 0 Å². The third-order valence-electron chi connectivity index (χ3n) is 0.703. The molecular weight excluding hydrogens is 134 g/mol. The molecule has 0 aliphatic heterocycles. The van der Waals surface area contributed by atoms with E-state index >= 15 is 0 Å². The van der Waals surface area contributed by atoms with Gasteiger partial charge in [0.25, 0.3) is 0 Å². The maximum atomic E-state index is 11.5. The van der Waals surface area contributed by atoms with Gasteiger partial charge in [-0.25, -0.2) is 4.39 Å². The topological polar surface area (TPSA) is 35.5 Å². The average molecular weight is 142 g/mol. The summed E-state index contributed by atoms with van der Waals surface area (Å²) in [6, 6.07) is 0. The van der Waals surface area contributed by atoms with Crippen molar-refractivity contribution in [3.8, 4) is 0 Å². The first-order chi connectivity index (χ1) is 3.68. The fraction of sp³-hybridized carbons (Fsp3) is 1.00. The minimum atomic E-state index is -3.33. The molecule has 0 aliphatic rings. The zero-order chi connectivity index (χ0) is 6.62. The maximum Gasteiger partial charge on any atom is 0.360 e. The molecule has 0 rings (SSSR count). The van der Waals surface area contributed by atoms with Gasteiger partial charge in [-0.1, -0.05) is 0 Å². The fourth-order valence-corrected chi connectivity index (χ4v) is 0.516. The summed E-state index contributed by atoms with van der Waals surface area (Å²) in [5.41, 5.74) is 0. The van der Waals surface area contributed by atoms with Crippen molar-refractivity contribution in [1.82, 2.24) is 0 Å². The molecule has 0 saturated carbocycles. The summed E-state index contributed by atoms with van der Waals surface area (Å²) >= 11 is 0. The predicted molar refractivity (Wildman–Crippen MR) is 27.6 cm³/mol. The Labute approximate surface area is 47.3 Å². The van der Waals surface area contributed by atoms with Gasteiger partial charge in [-0.2, -0.15) is 0 Å². The van der Waals surface area contributed by atoms with E-state index in [1.165, 1.54) is 0 Å². The third kappa shape index (κ3) is 1.90. The highest BCUT2D eigenvalue weighted by Gasteiger charge is 2.19. The Balaban J connectivity index is 3.79. The molecule has 0 bridgehead atoms. The highest BCUT2D eigenvalue weighted by molar-refractivity contribution is 7.53. The minimum absolute atomic E-state index is 1.07. The first-order valence-electron chi connectivity index (χ1n) is 1.95. The summed E-state index contributed by atoms with van der Waals surface area (Å²) in [7, 11) is -1.04. The van der Waals surface area contributed by atoms with E-state index in [0.29, 0.717) is 0 Å². The predicted octanol–water partition coefficient (Wildman–Crippen LogP) is 1.40. The molecule has 50 valence electrons. The molecule has 0 radical (unpaired) electrons. The van der Waals surface area contributed by atoms with Crippen LogP contribution in [-0.2, 0) is 13.6 Å². The lowest BCUT2D eigenvalue weighted by molar-refractivity contribution is 0.261. The van der Waals surface area contributed by atoms with Gasteiger partial charge in [0.1, 0.15) is 0 Å². The van der Waals surface area contributed by atoms with Gasteiger partial charge in [-0.15, -0.1) is 0 Å². The monoisotopic (exact) mass is 142 g/mol. The van der Waals surface area contributed by atoms with Gasteiger partial charge < -0.3 is 9.05 Å². The molecule has 0 aromatic carbocycles. The summed E-state index contributed by atoms with van der Waals surface area (Å²) < 4.78 is 30.4. The molecule has 0 fully saturated rings. The zero-order valence-corrected chi connectivity index (χ0v) is 5.65. The highest BCUT2D eigenvalue weighted by Crippen LogP contribution is 2.45. The van der Waals surface area contributed by atoms with Crippen LogP contribution in [0.4, 0.5) is 4.39 Å². The molecule has 0 aromatic heterocycles. The molecule has 8 heavy (non-hydrogen) atoms. The van der Waals surface area contributed by atoms with Crippen LogP contribution in [0, 0.1) is 0 Å². The van der Waals surface area contributed by atoms with Crippen LogP contribution in [0.5, 0.6) is 0 Å². The lowest BCUT2D eigenvalue weighted by Crippen LogP contribution is -1.88. The van der Waals surface area contributed by atoms with Crippen molar-refractivity contribution in [2.75, 3.05) is 20.6 Å². The smallest absolute Gasteiger partial charge is 0.310 e. The van der Waals surface area contributed by atoms with Gasteiger partial charge in [0.15, 0.2) is 6.42 Å². The van der Waals surface area contributed by atoms with Crippen LogP contribution in [0.25, 0.3) is 0 Å². The SMILES string of the molecule is COP(=O)(CF)OC. The Bertz CT molecular complexity index is 85.7. The number of hydrogen-bond donors (Lipinski definition) is 0. The van der Waals surface area contributed by atoms with Crippen molar-refractivity contribution in [3.63, 3.8) is 0 Å². The Morgan fingerprint density at radius 1 is 1.50 bits per heavy atom. The Morgan fingerprint density at radius 2 is 1.88 bits per heavy atom. The van der Waals surface area contributed by atoms with Crippen LogP contribution >= 0.6 is 7.60 Å². The number of rotatable bonds is 3. The van der Waals surface area contributed by atoms with E-state index in [2.05, 4.69) is 9.05 Å². The molecule has 0 saturated heterocycles. The second-order valence-corrected chi connectivity index (χ2v) is 3.29. The van der Waals surface area contributed by atoms with Gasteiger partial charge in [0.05, 0.1) is 0 Å². The van der Waals surface area contributed by atoms with Gasteiger partial charge >= 0.3 is 7.60 Å². The van der Waals surface area contributed by atoms with Crippen LogP contribution in [0.15, 0.2) is 0 Å². The lowest BCUT2D eigenvalue weighted by atomic mass is 11.8. The molecule has 0 spiro atoms. The van der Waals surface area contributed by atoms with E-state index in [0.717, 1.165) is 14.2 Å². The molecule has 0 amide bonds. The van der Waals surface area contributed by atoms with Gasteiger partial charge in [0, 0.05) is 14.2 Å². The first-order valence-corrected chi connectivity index (χ1v) is 3.68. The van der Waals surface area contributed by atoms with Crippen molar-refractivity contribution >= 4 is 7.60 Å². The van der Waals surface area contributed by atoms with Gasteiger partial charge in [0.2, 0.25) is 0 Å². The Morgan fingerprint density at radius 3 is 1.88 bits per heavy atom. The number of hydrogen-bond acceptors (Lipinski definition) is 3. The number of alkyl halides is 1. The fourth-order valence-electron chi connectivity index (χ4n) is 0.172. The lowest BCUT2D eigenvalue weighted by Gasteiger charge is -2.06. The standard InChI is InChI=1S/C3H8FO3P/c1-6-8(5,3-4)7-2/h3H2,1-2H3. The van der Waals surface area contributed by atoms with E-state index < -0.39 is 14.0 Å². The van der Waals surface area contributed by atoms with Crippen LogP contribution in [0.2, 0.25) is 0 Å². The summed E-state index contributed by atoms with van der Waals surface area (Å²) in [6.45, 7) is 0. The molecule has 3 nitrogen and oxygen atoms in total. The molecule has 5 heteroatoms. The van der Waals surface area contributed by atoms with E-state index in [1.54, 1.807) is 0 Å². The molecule has 0 N–H and O–H groups in total. The summed E-state index contributed by atoms with van der Waals surface area (Å²) in [5.74, 6) is 0. The molecule has 0 unspecified atom stereocenters. The van der Waals surface area contributed by atoms with Gasteiger partial charge in [-0.05, 0) is 0 Å². The molecule has 0 aliphatic carbocycles. The van der Waals surface area contributed by atoms with Crippen LogP contribution in [0.3, 0.4) is 0 Å². The third-order valence-corrected chi connectivity index (χ3v) is 2.11. The summed E-state index contributed by atoms with van der Waals surface area (Å²) in [6.07, 6.45) is -1.07. The van der Waals surface area contributed by atoms with E-state index in [9.17, 15) is 8.96 Å². The van der Waals surface area contributed by atoms with Crippen molar-refractivity contribution < 1.29 is 18.0 Å². The van der Waals surface area contributed by atoms with Crippen molar-refractivity contribution in [2.45, 2.75) is 0 Å². The maximum absolute atomic E-state index is 11.5. The summed E-state index contributed by atoms with van der Waals surface area (Å²) in [5, 5.41) is 0. The van der Waals surface area contributed by atoms with Crippen molar-refractivity contribution in [3.05, 3.63) is 0 Å². The average Bonchev–Trinajstić information content (AvgIpc) is 1.87. The van der Waals surface area contributed by atoms with Crippen molar-refractivity contribution in [1.29, 1.82) is 0 Å². The van der Waals surface area contributed by atoms with Crippen molar-refractivity contribution in [2.24, 2.45) is 0 Å². The molecule has 0 aromatic rings. The van der Waals surface area contributed by atoms with Crippen LogP contribution in [-0.4, -0.2) is 20.6 Å². The number of halogens is 1.